The van der Waals surface area contributed by atoms with E-state index >= 15 is 0 Å². The molecule has 2 atom stereocenters. The smallest absolute Gasteiger partial charge is 0.261 e. The van der Waals surface area contributed by atoms with Gasteiger partial charge in [-0.3, -0.25) is 4.79 Å². The molecule has 1 fully saturated rings. The molecule has 3 heterocycles. The van der Waals surface area contributed by atoms with Gasteiger partial charge in [0.05, 0.1) is 17.1 Å². The van der Waals surface area contributed by atoms with Crippen LogP contribution in [0.3, 0.4) is 0 Å². The van der Waals surface area contributed by atoms with E-state index < -0.39 is 0 Å². The minimum absolute atomic E-state index is 0.00974. The molecule has 5 nitrogen and oxygen atoms in total. The molecule has 0 spiro atoms. The summed E-state index contributed by atoms with van der Waals surface area (Å²) in [7, 11) is 0. The number of rotatable bonds is 2. The molecule has 5 rings (SSSR count). The highest BCUT2D eigenvalue weighted by Crippen LogP contribution is 2.33. The third-order valence-electron chi connectivity index (χ3n) is 6.00. The summed E-state index contributed by atoms with van der Waals surface area (Å²) in [5.74, 6) is 0.214. The Morgan fingerprint density at radius 1 is 1.07 bits per heavy atom. The minimum Gasteiger partial charge on any atom is -0.312 e. The molecule has 0 aliphatic heterocycles. The van der Waals surface area contributed by atoms with Gasteiger partial charge in [0.25, 0.3) is 5.56 Å². The zero-order valence-electron chi connectivity index (χ0n) is 15.7. The fraction of sp³-hybridized carbons (Fsp3) is 0.318. The van der Waals surface area contributed by atoms with Gasteiger partial charge < -0.3 is 4.57 Å². The topological polar surface area (TPSA) is 52.2 Å². The molecular formula is C22H21FN4O. The number of hydrogen-bond acceptors (Lipinski definition) is 3. The number of fused-ring (bicyclic) bond motifs is 3. The van der Waals surface area contributed by atoms with Crippen LogP contribution in [0.1, 0.15) is 38.6 Å². The Balaban J connectivity index is 1.66. The molecule has 4 aromatic rings. The third-order valence-corrected chi connectivity index (χ3v) is 6.00. The van der Waals surface area contributed by atoms with E-state index in [-0.39, 0.29) is 17.4 Å². The van der Waals surface area contributed by atoms with E-state index in [9.17, 15) is 9.18 Å². The van der Waals surface area contributed by atoms with Crippen molar-refractivity contribution in [3.63, 3.8) is 0 Å². The standard InChI is InChI=1S/C22H21FN4O/c1-14-4-2-3-5-19(14)26-11-10-20-18(22(26)28)12-24-21-17(13-25-27(20)21)15-6-8-16(23)9-7-15/h6-14,19H,2-5H2,1H3/t14-,19-/m0/s1. The Morgan fingerprint density at radius 3 is 2.64 bits per heavy atom. The van der Waals surface area contributed by atoms with Gasteiger partial charge in [-0.15, -0.1) is 0 Å². The Morgan fingerprint density at radius 2 is 1.86 bits per heavy atom. The highest BCUT2D eigenvalue weighted by atomic mass is 19.1. The lowest BCUT2D eigenvalue weighted by atomic mass is 9.85. The van der Waals surface area contributed by atoms with Gasteiger partial charge in [0, 0.05) is 24.0 Å². The second-order valence-corrected chi connectivity index (χ2v) is 7.71. The second kappa shape index (κ2) is 6.55. The van der Waals surface area contributed by atoms with Crippen LogP contribution in [0.25, 0.3) is 27.7 Å². The van der Waals surface area contributed by atoms with Crippen molar-refractivity contribution in [3.8, 4) is 11.1 Å². The quantitative estimate of drug-likeness (QED) is 0.514. The van der Waals surface area contributed by atoms with Crippen LogP contribution in [0, 0.1) is 11.7 Å². The monoisotopic (exact) mass is 376 g/mol. The lowest BCUT2D eigenvalue weighted by Crippen LogP contribution is -2.30. The lowest BCUT2D eigenvalue weighted by Gasteiger charge is -2.30. The van der Waals surface area contributed by atoms with Crippen LogP contribution in [0.5, 0.6) is 0 Å². The summed E-state index contributed by atoms with van der Waals surface area (Å²) in [6.07, 6.45) is 9.86. The van der Waals surface area contributed by atoms with Gasteiger partial charge in [0.1, 0.15) is 5.82 Å². The van der Waals surface area contributed by atoms with Crippen LogP contribution in [0.2, 0.25) is 0 Å². The van der Waals surface area contributed by atoms with Crippen LogP contribution in [-0.2, 0) is 0 Å². The first-order valence-electron chi connectivity index (χ1n) is 9.77. The van der Waals surface area contributed by atoms with Gasteiger partial charge in [-0.05, 0) is 42.5 Å². The van der Waals surface area contributed by atoms with E-state index in [1.807, 2.05) is 16.8 Å². The molecule has 1 aliphatic rings. The molecule has 0 unspecified atom stereocenters. The molecular weight excluding hydrogens is 355 g/mol. The van der Waals surface area contributed by atoms with E-state index in [1.165, 1.54) is 18.6 Å². The van der Waals surface area contributed by atoms with E-state index in [2.05, 4.69) is 17.0 Å². The van der Waals surface area contributed by atoms with E-state index in [4.69, 9.17) is 0 Å². The number of halogens is 1. The molecule has 0 N–H and O–H groups in total. The van der Waals surface area contributed by atoms with Gasteiger partial charge in [-0.2, -0.15) is 5.10 Å². The average molecular weight is 376 g/mol. The largest absolute Gasteiger partial charge is 0.312 e. The van der Waals surface area contributed by atoms with Crippen molar-refractivity contribution in [2.45, 2.75) is 38.6 Å². The number of hydrogen-bond donors (Lipinski definition) is 0. The maximum atomic E-state index is 13.2. The molecule has 1 aliphatic carbocycles. The van der Waals surface area contributed by atoms with Crippen molar-refractivity contribution >= 4 is 16.6 Å². The molecule has 1 aromatic carbocycles. The van der Waals surface area contributed by atoms with Crippen molar-refractivity contribution in [2.24, 2.45) is 5.92 Å². The van der Waals surface area contributed by atoms with Crippen molar-refractivity contribution in [3.05, 3.63) is 65.1 Å². The summed E-state index contributed by atoms with van der Waals surface area (Å²) >= 11 is 0. The fourth-order valence-corrected chi connectivity index (χ4v) is 4.44. The maximum Gasteiger partial charge on any atom is 0.261 e. The summed E-state index contributed by atoms with van der Waals surface area (Å²) in [4.78, 5) is 17.7. The SMILES string of the molecule is C[C@H]1CCCC[C@@H]1n1ccc2c(cnc3c(-c4ccc(F)cc4)cnn32)c1=O. The summed E-state index contributed by atoms with van der Waals surface area (Å²) in [5, 5.41) is 5.03. The van der Waals surface area contributed by atoms with Crippen LogP contribution in [0.15, 0.2) is 53.7 Å². The first-order valence-corrected chi connectivity index (χ1v) is 9.77. The first-order chi connectivity index (χ1) is 13.6. The van der Waals surface area contributed by atoms with Gasteiger partial charge in [-0.1, -0.05) is 31.9 Å². The lowest BCUT2D eigenvalue weighted by molar-refractivity contribution is 0.253. The highest BCUT2D eigenvalue weighted by molar-refractivity contribution is 5.85. The molecule has 0 radical (unpaired) electrons. The third kappa shape index (κ3) is 2.63. The Kier molecular flexibility index (Phi) is 4.00. The van der Waals surface area contributed by atoms with Crippen LogP contribution in [-0.4, -0.2) is 19.2 Å². The minimum atomic E-state index is -0.281. The van der Waals surface area contributed by atoms with Crippen LogP contribution < -0.4 is 5.56 Å². The van der Waals surface area contributed by atoms with Crippen molar-refractivity contribution in [2.75, 3.05) is 0 Å². The molecule has 6 heteroatoms. The number of aromatic nitrogens is 4. The summed E-state index contributed by atoms with van der Waals surface area (Å²) in [5.41, 5.74) is 3.04. The first kappa shape index (κ1) is 17.1. The van der Waals surface area contributed by atoms with Crippen LogP contribution in [0.4, 0.5) is 4.39 Å². The Labute approximate surface area is 161 Å². The highest BCUT2D eigenvalue weighted by Gasteiger charge is 2.24. The number of benzene rings is 1. The molecule has 3 aromatic heterocycles. The van der Waals surface area contributed by atoms with Crippen molar-refractivity contribution in [1.29, 1.82) is 0 Å². The number of nitrogens with zero attached hydrogens (tertiary/aromatic N) is 4. The molecule has 0 bridgehead atoms. The maximum absolute atomic E-state index is 13.2. The van der Waals surface area contributed by atoms with E-state index in [1.54, 1.807) is 29.0 Å². The van der Waals surface area contributed by atoms with Gasteiger partial charge >= 0.3 is 0 Å². The second-order valence-electron chi connectivity index (χ2n) is 7.71. The average Bonchev–Trinajstić information content (AvgIpc) is 3.14. The van der Waals surface area contributed by atoms with Gasteiger partial charge in [0.15, 0.2) is 5.65 Å². The summed E-state index contributed by atoms with van der Waals surface area (Å²) < 4.78 is 16.8. The molecule has 28 heavy (non-hydrogen) atoms. The molecule has 0 saturated heterocycles. The molecule has 142 valence electrons. The number of pyridine rings is 1. The normalized spacial score (nSPS) is 20.1. The van der Waals surface area contributed by atoms with E-state index in [0.29, 0.717) is 17.0 Å². The predicted molar refractivity (Wildman–Crippen MR) is 107 cm³/mol. The zero-order chi connectivity index (χ0) is 19.3. The zero-order valence-corrected chi connectivity index (χ0v) is 15.7. The van der Waals surface area contributed by atoms with Gasteiger partial charge in [-0.25, -0.2) is 13.9 Å². The predicted octanol–water partition coefficient (Wildman–Crippen LogP) is 4.60. The Bertz CT molecular complexity index is 1230. The molecule has 1 saturated carbocycles. The summed E-state index contributed by atoms with van der Waals surface area (Å²) in [6.45, 7) is 2.23. The van der Waals surface area contributed by atoms with Gasteiger partial charge in [0.2, 0.25) is 0 Å². The Hall–Kier alpha value is -3.02. The fourth-order valence-electron chi connectivity index (χ4n) is 4.44. The van der Waals surface area contributed by atoms with E-state index in [0.717, 1.165) is 35.9 Å². The van der Waals surface area contributed by atoms with Crippen molar-refractivity contribution < 1.29 is 4.39 Å². The summed E-state index contributed by atoms with van der Waals surface area (Å²) in [6, 6.07) is 8.46. The van der Waals surface area contributed by atoms with Crippen molar-refractivity contribution in [1.82, 2.24) is 19.2 Å². The molecule has 0 amide bonds. The van der Waals surface area contributed by atoms with Crippen LogP contribution >= 0.6 is 0 Å².